The van der Waals surface area contributed by atoms with Crippen LogP contribution in [0, 0.1) is 0 Å². The van der Waals surface area contributed by atoms with Gasteiger partial charge in [-0.1, -0.05) is 44.2 Å². The van der Waals surface area contributed by atoms with Gasteiger partial charge in [0.2, 0.25) is 0 Å². The Kier molecular flexibility index (Phi) is 12.5. The van der Waals surface area contributed by atoms with E-state index < -0.39 is 0 Å². The fourth-order valence-corrected chi connectivity index (χ4v) is 2.92. The zero-order valence-corrected chi connectivity index (χ0v) is 19.6. The molecule has 2 aromatic rings. The molecule has 0 aliphatic heterocycles. The number of benzene rings is 1. The van der Waals surface area contributed by atoms with E-state index in [2.05, 4.69) is 71.6 Å². The predicted octanol–water partition coefficient (Wildman–Crippen LogP) is 3.84. The van der Waals surface area contributed by atoms with Crippen LogP contribution in [0.15, 0.2) is 53.7 Å². The Morgan fingerprint density at radius 3 is 2.32 bits per heavy atom. The summed E-state index contributed by atoms with van der Waals surface area (Å²) in [6.07, 6.45) is 2.71. The molecule has 0 atom stereocenters. The molecule has 0 fully saturated rings. The standard InChI is InChI=1S/C22H33N5.HI/c1-4-23-22(25-16-14-21-13-9-10-15-24-21)26-17-19-11-7-8-12-20(19)18-27(5-2)6-3;/h7-13,15H,4-6,14,16-18H2,1-3H3,(H2,23,25,26);1H. The van der Waals surface area contributed by atoms with Gasteiger partial charge in [-0.05, 0) is 43.3 Å². The molecule has 154 valence electrons. The van der Waals surface area contributed by atoms with E-state index in [4.69, 9.17) is 4.99 Å². The molecule has 0 saturated carbocycles. The van der Waals surface area contributed by atoms with Crippen molar-refractivity contribution in [3.63, 3.8) is 0 Å². The molecular formula is C22H34IN5. The van der Waals surface area contributed by atoms with Gasteiger partial charge < -0.3 is 10.6 Å². The molecule has 2 rings (SSSR count). The van der Waals surface area contributed by atoms with Crippen LogP contribution >= 0.6 is 24.0 Å². The number of pyridine rings is 1. The first kappa shape index (κ1) is 24.4. The fourth-order valence-electron chi connectivity index (χ4n) is 2.92. The highest BCUT2D eigenvalue weighted by Gasteiger charge is 2.06. The summed E-state index contributed by atoms with van der Waals surface area (Å²) >= 11 is 0. The third kappa shape index (κ3) is 8.56. The van der Waals surface area contributed by atoms with Crippen molar-refractivity contribution in [3.05, 3.63) is 65.5 Å². The number of nitrogens with one attached hydrogen (secondary N) is 2. The highest BCUT2D eigenvalue weighted by Crippen LogP contribution is 2.13. The van der Waals surface area contributed by atoms with Crippen molar-refractivity contribution < 1.29 is 0 Å². The summed E-state index contributed by atoms with van der Waals surface area (Å²) in [5.41, 5.74) is 3.73. The maximum Gasteiger partial charge on any atom is 0.191 e. The van der Waals surface area contributed by atoms with Gasteiger partial charge >= 0.3 is 0 Å². The van der Waals surface area contributed by atoms with Gasteiger partial charge in [0.1, 0.15) is 0 Å². The molecule has 0 unspecified atom stereocenters. The molecule has 2 N–H and O–H groups in total. The Bertz CT molecular complexity index is 686. The Morgan fingerprint density at radius 2 is 1.68 bits per heavy atom. The van der Waals surface area contributed by atoms with Crippen LogP contribution in [-0.4, -0.2) is 42.0 Å². The van der Waals surface area contributed by atoms with Gasteiger partial charge in [0, 0.05) is 37.9 Å². The van der Waals surface area contributed by atoms with Gasteiger partial charge in [-0.2, -0.15) is 0 Å². The SMILES string of the molecule is CCNC(=NCc1ccccc1CN(CC)CC)NCCc1ccccn1.I. The zero-order valence-electron chi connectivity index (χ0n) is 17.3. The van der Waals surface area contributed by atoms with Gasteiger partial charge in [0.15, 0.2) is 5.96 Å². The van der Waals surface area contributed by atoms with E-state index >= 15 is 0 Å². The first-order valence-corrected chi connectivity index (χ1v) is 9.98. The Hall–Kier alpha value is -1.67. The first-order valence-electron chi connectivity index (χ1n) is 9.98. The van der Waals surface area contributed by atoms with Gasteiger partial charge in [-0.25, -0.2) is 4.99 Å². The second kappa shape index (κ2) is 14.3. The van der Waals surface area contributed by atoms with E-state index in [1.165, 1.54) is 11.1 Å². The second-order valence-electron chi connectivity index (χ2n) is 6.42. The van der Waals surface area contributed by atoms with E-state index in [1.54, 1.807) is 0 Å². The molecule has 0 aliphatic carbocycles. The van der Waals surface area contributed by atoms with Crippen LogP contribution in [0.1, 0.15) is 37.6 Å². The summed E-state index contributed by atoms with van der Waals surface area (Å²) in [6, 6.07) is 14.6. The quantitative estimate of drug-likeness (QED) is 0.299. The van der Waals surface area contributed by atoms with Gasteiger partial charge in [-0.3, -0.25) is 9.88 Å². The normalized spacial score (nSPS) is 11.2. The lowest BCUT2D eigenvalue weighted by atomic mass is 10.1. The summed E-state index contributed by atoms with van der Waals surface area (Å²) in [5.74, 6) is 0.853. The van der Waals surface area contributed by atoms with Crippen LogP contribution in [-0.2, 0) is 19.5 Å². The van der Waals surface area contributed by atoms with Crippen molar-refractivity contribution in [2.45, 2.75) is 40.3 Å². The van der Waals surface area contributed by atoms with Crippen molar-refractivity contribution in [3.8, 4) is 0 Å². The van der Waals surface area contributed by atoms with Gasteiger partial charge in [0.25, 0.3) is 0 Å². The van der Waals surface area contributed by atoms with Gasteiger partial charge in [-0.15, -0.1) is 24.0 Å². The predicted molar refractivity (Wildman–Crippen MR) is 129 cm³/mol. The van der Waals surface area contributed by atoms with Crippen molar-refractivity contribution in [2.75, 3.05) is 26.2 Å². The molecule has 28 heavy (non-hydrogen) atoms. The van der Waals surface area contributed by atoms with Crippen LogP contribution < -0.4 is 10.6 Å². The van der Waals surface area contributed by atoms with Crippen molar-refractivity contribution in [1.82, 2.24) is 20.5 Å². The Balaban J connectivity index is 0.00000392. The van der Waals surface area contributed by atoms with E-state index in [0.29, 0.717) is 6.54 Å². The molecule has 6 heteroatoms. The number of halogens is 1. The maximum atomic E-state index is 4.79. The van der Waals surface area contributed by atoms with E-state index in [9.17, 15) is 0 Å². The van der Waals surface area contributed by atoms with Crippen LogP contribution in [0.5, 0.6) is 0 Å². The molecule has 0 saturated heterocycles. The average molecular weight is 495 g/mol. The molecular weight excluding hydrogens is 461 g/mol. The number of hydrogen-bond donors (Lipinski definition) is 2. The summed E-state index contributed by atoms with van der Waals surface area (Å²) < 4.78 is 0. The van der Waals surface area contributed by atoms with Crippen molar-refractivity contribution >= 4 is 29.9 Å². The molecule has 0 amide bonds. The lowest BCUT2D eigenvalue weighted by Crippen LogP contribution is -2.38. The lowest BCUT2D eigenvalue weighted by Gasteiger charge is -2.20. The monoisotopic (exact) mass is 495 g/mol. The largest absolute Gasteiger partial charge is 0.357 e. The zero-order chi connectivity index (χ0) is 19.3. The maximum absolute atomic E-state index is 4.79. The molecule has 0 aliphatic rings. The van der Waals surface area contributed by atoms with E-state index in [-0.39, 0.29) is 24.0 Å². The molecule has 0 spiro atoms. The van der Waals surface area contributed by atoms with Gasteiger partial charge in [0.05, 0.1) is 6.54 Å². The minimum atomic E-state index is 0. The number of aromatic nitrogens is 1. The smallest absolute Gasteiger partial charge is 0.191 e. The summed E-state index contributed by atoms with van der Waals surface area (Å²) in [5, 5.41) is 6.74. The number of guanidine groups is 1. The minimum Gasteiger partial charge on any atom is -0.357 e. The highest BCUT2D eigenvalue weighted by atomic mass is 127. The van der Waals surface area contributed by atoms with E-state index in [0.717, 1.165) is 50.8 Å². The lowest BCUT2D eigenvalue weighted by molar-refractivity contribution is 0.295. The number of hydrogen-bond acceptors (Lipinski definition) is 3. The summed E-state index contributed by atoms with van der Waals surface area (Å²) in [7, 11) is 0. The second-order valence-corrected chi connectivity index (χ2v) is 6.42. The molecule has 1 aromatic heterocycles. The number of aliphatic imine (C=N–C) groups is 1. The first-order chi connectivity index (χ1) is 13.3. The molecule has 1 aromatic carbocycles. The minimum absolute atomic E-state index is 0. The fraction of sp³-hybridized carbons (Fsp3) is 0.455. The number of nitrogens with zero attached hydrogens (tertiary/aromatic N) is 3. The van der Waals surface area contributed by atoms with Crippen LogP contribution in [0.25, 0.3) is 0 Å². The molecule has 0 bridgehead atoms. The van der Waals surface area contributed by atoms with Crippen molar-refractivity contribution in [1.29, 1.82) is 0 Å². The Labute approximate surface area is 187 Å². The van der Waals surface area contributed by atoms with E-state index in [1.807, 2.05) is 18.3 Å². The molecule has 1 heterocycles. The van der Waals surface area contributed by atoms with Crippen LogP contribution in [0.4, 0.5) is 0 Å². The average Bonchev–Trinajstić information content (AvgIpc) is 2.71. The Morgan fingerprint density at radius 1 is 0.964 bits per heavy atom. The highest BCUT2D eigenvalue weighted by molar-refractivity contribution is 14.0. The van der Waals surface area contributed by atoms with Crippen LogP contribution in [0.3, 0.4) is 0 Å². The third-order valence-corrected chi connectivity index (χ3v) is 4.56. The van der Waals surface area contributed by atoms with Crippen molar-refractivity contribution in [2.24, 2.45) is 4.99 Å². The third-order valence-electron chi connectivity index (χ3n) is 4.56. The summed E-state index contributed by atoms with van der Waals surface area (Å²) in [4.78, 5) is 11.6. The molecule has 5 nitrogen and oxygen atoms in total. The summed E-state index contributed by atoms with van der Waals surface area (Å²) in [6.45, 7) is 11.9. The van der Waals surface area contributed by atoms with Crippen LogP contribution in [0.2, 0.25) is 0 Å². The molecule has 0 radical (unpaired) electrons. The topological polar surface area (TPSA) is 52.6 Å². The number of rotatable bonds is 10.